The quantitative estimate of drug-likeness (QED) is 0.788. The third kappa shape index (κ3) is 1.82. The highest BCUT2D eigenvalue weighted by Gasteiger charge is 2.06. The van der Waals surface area contributed by atoms with E-state index in [1.54, 1.807) is 24.5 Å². The fraction of sp³-hybridized carbons (Fsp3) is 0.167. The van der Waals surface area contributed by atoms with Crippen LogP contribution in [-0.2, 0) is 7.05 Å². The van der Waals surface area contributed by atoms with Gasteiger partial charge in [-0.05, 0) is 18.2 Å². The molecule has 0 fully saturated rings. The molecule has 0 aliphatic rings. The normalized spacial score (nSPS) is 10.3. The fourth-order valence-corrected chi connectivity index (χ4v) is 1.54. The van der Waals surface area contributed by atoms with Gasteiger partial charge in [0.05, 0.1) is 17.4 Å². The zero-order valence-corrected chi connectivity index (χ0v) is 9.10. The molecule has 0 aliphatic carbocycles. The second-order valence-corrected chi connectivity index (χ2v) is 3.56. The van der Waals surface area contributed by atoms with Crippen LogP contribution in [0, 0.1) is 0 Å². The van der Waals surface area contributed by atoms with Crippen molar-refractivity contribution in [3.63, 3.8) is 0 Å². The molecule has 0 radical (unpaired) electrons. The number of rotatable bonds is 3. The maximum atomic E-state index is 11.7. The second kappa shape index (κ2) is 4.18. The Hall–Kier alpha value is -2.10. The highest BCUT2D eigenvalue weighted by molar-refractivity contribution is 5.97. The highest BCUT2D eigenvalue weighted by atomic mass is 16.1. The molecule has 0 bridgehead atoms. The topological polar surface area (TPSA) is 46.9 Å². The van der Waals surface area contributed by atoms with E-state index in [1.807, 2.05) is 17.7 Å². The summed E-state index contributed by atoms with van der Waals surface area (Å²) in [5.74, 6) is -0.104. The van der Waals surface area contributed by atoms with Crippen molar-refractivity contribution in [2.45, 2.75) is 0 Å². The van der Waals surface area contributed by atoms with Crippen LogP contribution in [0.1, 0.15) is 10.4 Å². The summed E-state index contributed by atoms with van der Waals surface area (Å²) in [6.07, 6.45) is 3.38. The standard InChI is InChI=1S/C12H13N3O/c1-3-6-13-12(16)9-4-5-11-10(7-9)14-8-15(11)2/h3-5,7-8H,1,6H2,2H3,(H,13,16). The van der Waals surface area contributed by atoms with Gasteiger partial charge in [-0.1, -0.05) is 6.08 Å². The van der Waals surface area contributed by atoms with Crippen LogP contribution in [0.4, 0.5) is 0 Å². The Morgan fingerprint density at radius 3 is 3.19 bits per heavy atom. The van der Waals surface area contributed by atoms with Crippen molar-refractivity contribution in [3.05, 3.63) is 42.7 Å². The lowest BCUT2D eigenvalue weighted by Crippen LogP contribution is -2.23. The molecule has 1 N–H and O–H groups in total. The molecule has 1 aromatic carbocycles. The highest BCUT2D eigenvalue weighted by Crippen LogP contribution is 2.13. The van der Waals surface area contributed by atoms with Crippen molar-refractivity contribution in [1.29, 1.82) is 0 Å². The minimum absolute atomic E-state index is 0.104. The van der Waals surface area contributed by atoms with Gasteiger partial charge in [0, 0.05) is 19.2 Å². The summed E-state index contributed by atoms with van der Waals surface area (Å²) in [4.78, 5) is 15.9. The van der Waals surface area contributed by atoms with Gasteiger partial charge in [0.1, 0.15) is 0 Å². The van der Waals surface area contributed by atoms with Gasteiger partial charge in [-0.2, -0.15) is 0 Å². The number of hydrogen-bond donors (Lipinski definition) is 1. The molecule has 1 amide bonds. The predicted octanol–water partition coefficient (Wildman–Crippen LogP) is 1.49. The summed E-state index contributed by atoms with van der Waals surface area (Å²) in [5, 5.41) is 2.73. The van der Waals surface area contributed by atoms with E-state index < -0.39 is 0 Å². The first-order valence-electron chi connectivity index (χ1n) is 5.02. The van der Waals surface area contributed by atoms with Crippen molar-refractivity contribution < 1.29 is 4.79 Å². The van der Waals surface area contributed by atoms with E-state index in [2.05, 4.69) is 16.9 Å². The van der Waals surface area contributed by atoms with Gasteiger partial charge >= 0.3 is 0 Å². The number of imidazole rings is 1. The Balaban J connectivity index is 2.32. The van der Waals surface area contributed by atoms with E-state index in [-0.39, 0.29) is 5.91 Å². The summed E-state index contributed by atoms with van der Waals surface area (Å²) in [6, 6.07) is 5.47. The van der Waals surface area contributed by atoms with Crippen LogP contribution in [0.25, 0.3) is 11.0 Å². The molecule has 4 nitrogen and oxygen atoms in total. The molecule has 0 spiro atoms. The first kappa shape index (κ1) is 10.4. The first-order chi connectivity index (χ1) is 7.72. The number of hydrogen-bond acceptors (Lipinski definition) is 2. The van der Waals surface area contributed by atoms with Gasteiger partial charge < -0.3 is 9.88 Å². The van der Waals surface area contributed by atoms with Gasteiger partial charge in [-0.25, -0.2) is 4.98 Å². The van der Waals surface area contributed by atoms with Crippen molar-refractivity contribution in [2.24, 2.45) is 7.05 Å². The third-order valence-electron chi connectivity index (χ3n) is 2.39. The van der Waals surface area contributed by atoms with Crippen molar-refractivity contribution in [3.8, 4) is 0 Å². The Morgan fingerprint density at radius 2 is 2.44 bits per heavy atom. The zero-order chi connectivity index (χ0) is 11.5. The van der Waals surface area contributed by atoms with E-state index in [1.165, 1.54) is 0 Å². The van der Waals surface area contributed by atoms with Crippen LogP contribution < -0.4 is 5.32 Å². The largest absolute Gasteiger partial charge is 0.349 e. The lowest BCUT2D eigenvalue weighted by Gasteiger charge is -2.02. The summed E-state index contributed by atoms with van der Waals surface area (Å²) in [7, 11) is 1.92. The van der Waals surface area contributed by atoms with E-state index in [4.69, 9.17) is 0 Å². The Morgan fingerprint density at radius 1 is 1.62 bits per heavy atom. The average Bonchev–Trinajstić information content (AvgIpc) is 2.67. The fourth-order valence-electron chi connectivity index (χ4n) is 1.54. The SMILES string of the molecule is C=CCNC(=O)c1ccc2c(c1)ncn2C. The maximum absolute atomic E-state index is 11.7. The molecule has 82 valence electrons. The van der Waals surface area contributed by atoms with Gasteiger partial charge in [0.2, 0.25) is 0 Å². The third-order valence-corrected chi connectivity index (χ3v) is 2.39. The molecular formula is C12H13N3O. The Labute approximate surface area is 93.6 Å². The van der Waals surface area contributed by atoms with Crippen molar-refractivity contribution >= 4 is 16.9 Å². The molecule has 0 unspecified atom stereocenters. The van der Waals surface area contributed by atoms with Gasteiger partial charge in [-0.3, -0.25) is 4.79 Å². The maximum Gasteiger partial charge on any atom is 0.251 e. The number of carbonyl (C=O) groups is 1. The molecule has 2 rings (SSSR count). The van der Waals surface area contributed by atoms with Crippen LogP contribution >= 0.6 is 0 Å². The summed E-state index contributed by atoms with van der Waals surface area (Å²) in [5.41, 5.74) is 2.46. The minimum Gasteiger partial charge on any atom is -0.349 e. The van der Waals surface area contributed by atoms with Gasteiger partial charge in [-0.15, -0.1) is 6.58 Å². The molecule has 2 aromatic rings. The number of carbonyl (C=O) groups excluding carboxylic acids is 1. The molecule has 16 heavy (non-hydrogen) atoms. The molecule has 1 aromatic heterocycles. The molecule has 4 heteroatoms. The number of amides is 1. The zero-order valence-electron chi connectivity index (χ0n) is 9.10. The molecule has 0 aliphatic heterocycles. The van der Waals surface area contributed by atoms with Crippen LogP contribution in [0.3, 0.4) is 0 Å². The minimum atomic E-state index is -0.104. The van der Waals surface area contributed by atoms with Crippen LogP contribution in [0.15, 0.2) is 37.2 Å². The second-order valence-electron chi connectivity index (χ2n) is 3.56. The smallest absolute Gasteiger partial charge is 0.251 e. The van der Waals surface area contributed by atoms with E-state index in [0.717, 1.165) is 11.0 Å². The Bertz CT molecular complexity index is 542. The van der Waals surface area contributed by atoms with Crippen LogP contribution in [0.5, 0.6) is 0 Å². The molecule has 0 atom stereocenters. The molecule has 1 heterocycles. The number of fused-ring (bicyclic) bond motifs is 1. The monoisotopic (exact) mass is 215 g/mol. The number of aromatic nitrogens is 2. The molecular weight excluding hydrogens is 202 g/mol. The van der Waals surface area contributed by atoms with E-state index in [0.29, 0.717) is 12.1 Å². The number of benzene rings is 1. The van der Waals surface area contributed by atoms with Gasteiger partial charge in [0.25, 0.3) is 5.91 Å². The predicted molar refractivity (Wildman–Crippen MR) is 63.2 cm³/mol. The summed E-state index contributed by atoms with van der Waals surface area (Å²) in [6.45, 7) is 4.02. The number of nitrogens with one attached hydrogen (secondary N) is 1. The van der Waals surface area contributed by atoms with E-state index in [9.17, 15) is 4.79 Å². The first-order valence-corrected chi connectivity index (χ1v) is 5.02. The van der Waals surface area contributed by atoms with Crippen LogP contribution in [0.2, 0.25) is 0 Å². The Kier molecular flexibility index (Phi) is 2.72. The van der Waals surface area contributed by atoms with Crippen molar-refractivity contribution in [2.75, 3.05) is 6.54 Å². The van der Waals surface area contributed by atoms with Crippen molar-refractivity contribution in [1.82, 2.24) is 14.9 Å². The molecule has 0 saturated heterocycles. The lowest BCUT2D eigenvalue weighted by atomic mass is 10.2. The summed E-state index contributed by atoms with van der Waals surface area (Å²) >= 11 is 0. The van der Waals surface area contributed by atoms with E-state index >= 15 is 0 Å². The van der Waals surface area contributed by atoms with Crippen LogP contribution in [-0.4, -0.2) is 22.0 Å². The number of nitrogens with zero attached hydrogens (tertiary/aromatic N) is 2. The van der Waals surface area contributed by atoms with Gasteiger partial charge in [0.15, 0.2) is 0 Å². The summed E-state index contributed by atoms with van der Waals surface area (Å²) < 4.78 is 1.92. The molecule has 0 saturated carbocycles. The average molecular weight is 215 g/mol. The number of aryl methyl sites for hydroxylation is 1. The lowest BCUT2D eigenvalue weighted by molar-refractivity contribution is 0.0958.